The largest absolute Gasteiger partial charge is 0.396 e. The molecule has 706 valence electrons. The highest BCUT2D eigenvalue weighted by Gasteiger charge is 2.39. The summed E-state index contributed by atoms with van der Waals surface area (Å²) in [6.07, 6.45) is 122. The van der Waals surface area contributed by atoms with Crippen LogP contribution in [-0.2, 0) is 0 Å². The lowest BCUT2D eigenvalue weighted by Gasteiger charge is -2.35. The lowest BCUT2D eigenvalue weighted by Crippen LogP contribution is -2.22. The van der Waals surface area contributed by atoms with E-state index >= 15 is 0 Å². The maximum Gasteiger partial charge on any atom is 0.0459 e. The molecule has 0 aromatic rings. The molecule has 11 rings (SSSR count). The van der Waals surface area contributed by atoms with Crippen LogP contribution in [0.15, 0.2) is 0 Å². The maximum atomic E-state index is 11.1. The van der Waals surface area contributed by atoms with E-state index in [1.54, 1.807) is 263 Å². The van der Waals surface area contributed by atoms with E-state index in [-0.39, 0.29) is 0 Å². The Morgan fingerprint density at radius 3 is 1.24 bits per heavy atom. The van der Waals surface area contributed by atoms with E-state index < -0.39 is 0 Å². The predicted molar refractivity (Wildman–Crippen MR) is 532 cm³/mol. The molecule has 24 unspecified atom stereocenters. The van der Waals surface area contributed by atoms with Gasteiger partial charge in [-0.3, -0.25) is 0 Å². The summed E-state index contributed by atoms with van der Waals surface area (Å²) in [5.41, 5.74) is 0. The first-order chi connectivity index (χ1) is 59.2. The molecule has 0 heterocycles. The van der Waals surface area contributed by atoms with Gasteiger partial charge in [0.15, 0.2) is 0 Å². The SMILES string of the molecule is CCCCCC1CCCC(CCC2CCCCC3CC4CCC5CCCCC(C[C@@H]6CCC(CC(C)CCC7CCC8CCCCC[C@H](CC(C)C7)C8)CC(CCC)CCC(CC)C6)CCC(CC[C@H](C4)C[C@H]3CC2)C5)CC(CC[C@H](C)CCCCCC2CCC3CCC4CCC(CC)C[C@@H](CC(C)CCC)CCC(CCC(C3)CC(CO)C2)C4)C1. The van der Waals surface area contributed by atoms with Crippen LogP contribution in [0.4, 0.5) is 0 Å². The average molecular weight is 1680 g/mol. The Labute approximate surface area is 760 Å². The standard InChI is InChI=1S/C120H220O/c1-10-15-18-32-99-38-27-39-104(83-113(80-99)44-41-91(6)30-19-16-20-34-103-53-56-109-58-57-106-49-46-95(13-4)75-111(71-92(7)28-11-2)63-60-108(78-106)61-64-115(84-109)87-118(85-103)90-121)50-47-97-31-25-26-40-119-88-116-65-59-100-35-23-24-36-102(52-55-107(77-100)62-66-117(86-116)89-120(119)70-69-97)82-114-68-67-112(79-98(29-12-3)48-45-96(14-5)76-114)72-93(8)42-43-105-54-51-101-33-21-17-22-37-110(81-101)74-94(9)73-105/h91-121H,10-90H2,1-9H3/t91-,92?,93?,94?,95?,96?,97?,98?,99?,100?,101?,102?,103?,104?,105?,106?,107?,108?,109?,110-,111-,112?,113?,114-,115?,116?,117-,118?,119?,120-/m1/s1. The van der Waals surface area contributed by atoms with E-state index in [9.17, 15) is 5.11 Å². The number of hydrogen-bond acceptors (Lipinski definition) is 1. The minimum Gasteiger partial charge on any atom is -0.396 e. The number of rotatable bonds is 32. The van der Waals surface area contributed by atoms with Crippen LogP contribution in [0.25, 0.3) is 0 Å². The molecule has 0 spiro atoms. The fourth-order valence-electron chi connectivity index (χ4n) is 33.0. The van der Waals surface area contributed by atoms with Crippen LogP contribution < -0.4 is 0 Å². The molecule has 11 aliphatic rings. The van der Waals surface area contributed by atoms with Gasteiger partial charge in [0.25, 0.3) is 0 Å². The molecule has 0 saturated heterocycles. The number of unbranched alkanes of at least 4 members (excludes halogenated alkanes) is 4. The summed E-state index contributed by atoms with van der Waals surface area (Å²) in [5.74, 6) is 28.9. The zero-order valence-corrected chi connectivity index (χ0v) is 84.0. The highest BCUT2D eigenvalue weighted by molar-refractivity contribution is 4.91. The Balaban J connectivity index is 0.623. The molecule has 1 heteroatoms. The summed E-state index contributed by atoms with van der Waals surface area (Å²) in [7, 11) is 0. The van der Waals surface area contributed by atoms with Crippen LogP contribution in [-0.4, -0.2) is 11.7 Å². The minimum absolute atomic E-state index is 0.445. The van der Waals surface area contributed by atoms with Crippen molar-refractivity contribution in [3.05, 3.63) is 0 Å². The van der Waals surface area contributed by atoms with Crippen LogP contribution in [0.2, 0.25) is 0 Å². The molecular formula is C120H220O. The zero-order valence-electron chi connectivity index (χ0n) is 84.0. The van der Waals surface area contributed by atoms with Gasteiger partial charge in [-0.2, -0.15) is 0 Å². The molecule has 11 fully saturated rings. The van der Waals surface area contributed by atoms with Crippen molar-refractivity contribution in [2.75, 3.05) is 6.61 Å². The zero-order chi connectivity index (χ0) is 84.6. The van der Waals surface area contributed by atoms with Gasteiger partial charge in [-0.1, -0.05) is 448 Å². The molecule has 0 aliphatic heterocycles. The molecule has 0 amide bonds. The third-order valence-electron chi connectivity index (χ3n) is 40.2. The quantitative estimate of drug-likeness (QED) is 0.0666. The summed E-state index contributed by atoms with van der Waals surface area (Å²) in [5, 5.41) is 11.1. The molecule has 1 nitrogen and oxygen atoms in total. The van der Waals surface area contributed by atoms with Crippen molar-refractivity contribution in [3.8, 4) is 0 Å². The van der Waals surface area contributed by atoms with Crippen molar-refractivity contribution >= 4 is 0 Å². The second kappa shape index (κ2) is 58.1. The van der Waals surface area contributed by atoms with E-state index in [2.05, 4.69) is 62.3 Å². The number of fused-ring (bicyclic) bond motifs is 11. The van der Waals surface area contributed by atoms with E-state index in [4.69, 9.17) is 0 Å². The molecule has 10 bridgehead atoms. The van der Waals surface area contributed by atoms with Gasteiger partial charge in [-0.15, -0.1) is 0 Å². The van der Waals surface area contributed by atoms with Crippen LogP contribution in [0.5, 0.6) is 0 Å². The maximum absolute atomic E-state index is 11.1. The molecule has 0 aromatic heterocycles. The second-order valence-electron chi connectivity index (χ2n) is 50.7. The number of hydrogen-bond donors (Lipinski definition) is 1. The summed E-state index contributed by atoms with van der Waals surface area (Å²) in [4.78, 5) is 0. The Hall–Kier alpha value is -0.0400. The summed E-state index contributed by atoms with van der Waals surface area (Å²) in [6.45, 7) is 23.6. The first kappa shape index (κ1) is 101. The lowest BCUT2D eigenvalue weighted by molar-refractivity contribution is 0.153. The fraction of sp³-hybridized carbons (Fsp3) is 1.00. The molecule has 11 saturated carbocycles. The van der Waals surface area contributed by atoms with Gasteiger partial charge < -0.3 is 5.11 Å². The molecule has 121 heavy (non-hydrogen) atoms. The molecular weight excluding hydrogens is 1460 g/mol. The van der Waals surface area contributed by atoms with Gasteiger partial charge in [0.05, 0.1) is 0 Å². The van der Waals surface area contributed by atoms with Gasteiger partial charge in [0.2, 0.25) is 0 Å². The molecule has 1 N–H and O–H groups in total. The Bertz CT molecular complexity index is 2550. The third kappa shape index (κ3) is 38.6. The minimum atomic E-state index is 0.445. The van der Waals surface area contributed by atoms with Crippen molar-refractivity contribution < 1.29 is 5.11 Å². The normalized spacial score (nSPS) is 39.3. The Morgan fingerprint density at radius 1 is 0.215 bits per heavy atom. The predicted octanol–water partition coefficient (Wildman–Crippen LogP) is 39.0. The molecule has 30 atom stereocenters. The van der Waals surface area contributed by atoms with Gasteiger partial charge >= 0.3 is 0 Å². The van der Waals surface area contributed by atoms with Crippen molar-refractivity contribution in [3.63, 3.8) is 0 Å². The van der Waals surface area contributed by atoms with Crippen LogP contribution in [0.3, 0.4) is 0 Å². The van der Waals surface area contributed by atoms with Gasteiger partial charge in [0, 0.05) is 6.61 Å². The van der Waals surface area contributed by atoms with Crippen molar-refractivity contribution in [1.82, 2.24) is 0 Å². The van der Waals surface area contributed by atoms with Gasteiger partial charge in [-0.05, 0) is 306 Å². The van der Waals surface area contributed by atoms with Crippen molar-refractivity contribution in [2.45, 2.75) is 576 Å². The van der Waals surface area contributed by atoms with E-state index in [1.807, 2.05) is 0 Å². The second-order valence-corrected chi connectivity index (χ2v) is 50.7. The smallest absolute Gasteiger partial charge is 0.0459 e. The van der Waals surface area contributed by atoms with E-state index in [0.29, 0.717) is 12.5 Å². The third-order valence-corrected chi connectivity index (χ3v) is 40.2. The van der Waals surface area contributed by atoms with Gasteiger partial charge in [-0.25, -0.2) is 0 Å². The summed E-state index contributed by atoms with van der Waals surface area (Å²) in [6, 6.07) is 0. The van der Waals surface area contributed by atoms with Crippen LogP contribution >= 0.6 is 0 Å². The van der Waals surface area contributed by atoms with Crippen molar-refractivity contribution in [2.24, 2.45) is 178 Å². The van der Waals surface area contributed by atoms with Gasteiger partial charge in [0.1, 0.15) is 0 Å². The highest BCUT2D eigenvalue weighted by atomic mass is 16.3. The molecule has 0 radical (unpaired) electrons. The van der Waals surface area contributed by atoms with Crippen LogP contribution in [0.1, 0.15) is 576 Å². The average Bonchev–Trinajstić information content (AvgIpc) is 1.86. The monoisotopic (exact) mass is 1680 g/mol. The van der Waals surface area contributed by atoms with E-state index in [1.165, 1.54) is 250 Å². The number of aliphatic hydroxyl groups excluding tert-OH is 1. The Morgan fingerprint density at radius 2 is 0.603 bits per heavy atom. The summed E-state index contributed by atoms with van der Waals surface area (Å²) < 4.78 is 0. The van der Waals surface area contributed by atoms with Crippen LogP contribution in [0, 0.1) is 178 Å². The van der Waals surface area contributed by atoms with Crippen molar-refractivity contribution in [1.29, 1.82) is 0 Å². The first-order valence-electron chi connectivity index (χ1n) is 58.8. The topological polar surface area (TPSA) is 20.2 Å². The number of aliphatic hydroxyl groups is 1. The molecule has 11 aliphatic carbocycles. The fourth-order valence-corrected chi connectivity index (χ4v) is 33.0. The van der Waals surface area contributed by atoms with E-state index in [0.717, 1.165) is 172 Å². The highest BCUT2D eigenvalue weighted by Crippen LogP contribution is 2.52. The lowest BCUT2D eigenvalue weighted by atomic mass is 9.71. The molecule has 0 aromatic carbocycles. The summed E-state index contributed by atoms with van der Waals surface area (Å²) >= 11 is 0. The first-order valence-corrected chi connectivity index (χ1v) is 58.8. The Kier molecular flexibility index (Phi) is 48.7.